The van der Waals surface area contributed by atoms with E-state index < -0.39 is 10.1 Å². The molecule has 0 saturated carbocycles. The number of hydrogen-bond donors (Lipinski definition) is 0. The van der Waals surface area contributed by atoms with Gasteiger partial charge in [0.05, 0.1) is 20.0 Å². The van der Waals surface area contributed by atoms with Crippen LogP contribution in [0, 0.1) is 0 Å². The van der Waals surface area contributed by atoms with E-state index >= 15 is 0 Å². The van der Waals surface area contributed by atoms with Crippen molar-refractivity contribution in [1.82, 2.24) is 4.98 Å². The van der Waals surface area contributed by atoms with E-state index in [4.69, 9.17) is 16.3 Å². The molecule has 0 unspecified atom stereocenters. The summed E-state index contributed by atoms with van der Waals surface area (Å²) in [7, 11) is -2.01. The van der Waals surface area contributed by atoms with Crippen LogP contribution in [0.1, 0.15) is 5.56 Å². The molecule has 0 aromatic carbocycles. The van der Waals surface area contributed by atoms with Crippen molar-refractivity contribution < 1.29 is 17.3 Å². The van der Waals surface area contributed by atoms with Crippen LogP contribution < -0.4 is 4.74 Å². The number of rotatable bonds is 4. The summed E-state index contributed by atoms with van der Waals surface area (Å²) >= 11 is 5.68. The Morgan fingerprint density at radius 3 is 2.67 bits per heavy atom. The lowest BCUT2D eigenvalue weighted by atomic mass is 10.3. The Hall–Kier alpha value is -0.850. The number of nitrogens with zero attached hydrogens (tertiary/aromatic N) is 1. The average molecular weight is 252 g/mol. The van der Waals surface area contributed by atoms with Gasteiger partial charge < -0.3 is 4.74 Å². The zero-order chi connectivity index (χ0) is 11.5. The first-order chi connectivity index (χ1) is 6.90. The van der Waals surface area contributed by atoms with Crippen molar-refractivity contribution >= 4 is 21.7 Å². The van der Waals surface area contributed by atoms with Crippen LogP contribution in [-0.4, -0.2) is 26.8 Å². The summed E-state index contributed by atoms with van der Waals surface area (Å²) in [6.07, 6.45) is 0.979. The Morgan fingerprint density at radius 1 is 1.47 bits per heavy atom. The summed E-state index contributed by atoms with van der Waals surface area (Å²) in [6.45, 7) is -0.0859. The van der Waals surface area contributed by atoms with Crippen LogP contribution in [0.25, 0.3) is 0 Å². The third kappa shape index (κ3) is 4.46. The molecule has 0 bridgehead atoms. The van der Waals surface area contributed by atoms with Gasteiger partial charge in [-0.25, -0.2) is 4.98 Å². The monoisotopic (exact) mass is 251 g/mol. The molecule has 15 heavy (non-hydrogen) atoms. The molecule has 0 N–H and O–H groups in total. The Balaban J connectivity index is 2.81. The summed E-state index contributed by atoms with van der Waals surface area (Å²) in [6, 6.07) is 3.06. The molecule has 0 fully saturated rings. The lowest BCUT2D eigenvalue weighted by Gasteiger charge is -2.04. The van der Waals surface area contributed by atoms with Crippen LogP contribution in [0.15, 0.2) is 12.1 Å². The Bertz CT molecular complexity index is 446. The molecule has 0 radical (unpaired) electrons. The number of methoxy groups -OCH3 is 1. The molecule has 0 aliphatic rings. The zero-order valence-electron chi connectivity index (χ0n) is 8.23. The van der Waals surface area contributed by atoms with Crippen molar-refractivity contribution in [2.75, 3.05) is 13.4 Å². The van der Waals surface area contributed by atoms with Crippen LogP contribution in [0.3, 0.4) is 0 Å². The van der Waals surface area contributed by atoms with Gasteiger partial charge in [0.2, 0.25) is 5.88 Å². The molecule has 0 saturated heterocycles. The largest absolute Gasteiger partial charge is 0.481 e. The van der Waals surface area contributed by atoms with E-state index in [1.807, 2.05) is 0 Å². The Kier molecular flexibility index (Phi) is 3.90. The smallest absolute Gasteiger partial charge is 0.264 e. The second-order valence-corrected chi connectivity index (χ2v) is 4.84. The van der Waals surface area contributed by atoms with Crippen LogP contribution >= 0.6 is 11.6 Å². The molecule has 0 spiro atoms. The van der Waals surface area contributed by atoms with Gasteiger partial charge in [-0.05, 0) is 11.6 Å². The predicted octanol–water partition coefficient (Wildman–Crippen LogP) is 1.22. The molecule has 0 aliphatic heterocycles. The molecule has 1 rings (SSSR count). The first-order valence-electron chi connectivity index (χ1n) is 3.95. The van der Waals surface area contributed by atoms with Gasteiger partial charge in [-0.15, -0.1) is 0 Å². The van der Waals surface area contributed by atoms with E-state index in [0.29, 0.717) is 11.4 Å². The second kappa shape index (κ2) is 4.78. The quantitative estimate of drug-likeness (QED) is 0.595. The molecule has 5 nitrogen and oxygen atoms in total. The van der Waals surface area contributed by atoms with Gasteiger partial charge in [0.1, 0.15) is 5.15 Å². The van der Waals surface area contributed by atoms with Gasteiger partial charge in [0.25, 0.3) is 10.1 Å². The van der Waals surface area contributed by atoms with E-state index in [-0.39, 0.29) is 11.8 Å². The van der Waals surface area contributed by atoms with Crippen molar-refractivity contribution in [2.24, 2.45) is 0 Å². The summed E-state index contributed by atoms with van der Waals surface area (Å²) in [5, 5.41) is 0.224. The SMILES string of the molecule is COc1cc(COS(C)(=O)=O)cc(Cl)n1. The van der Waals surface area contributed by atoms with Crippen molar-refractivity contribution in [1.29, 1.82) is 0 Å². The fourth-order valence-corrected chi connectivity index (χ4v) is 1.46. The molecular weight excluding hydrogens is 242 g/mol. The van der Waals surface area contributed by atoms with Crippen molar-refractivity contribution in [2.45, 2.75) is 6.61 Å². The summed E-state index contributed by atoms with van der Waals surface area (Å²) in [5.74, 6) is 0.314. The van der Waals surface area contributed by atoms with E-state index in [1.54, 1.807) is 6.07 Å². The van der Waals surface area contributed by atoms with Crippen LogP contribution in [0.4, 0.5) is 0 Å². The third-order valence-corrected chi connectivity index (χ3v) is 2.22. The highest BCUT2D eigenvalue weighted by Crippen LogP contribution is 2.17. The molecule has 7 heteroatoms. The maximum atomic E-state index is 10.7. The van der Waals surface area contributed by atoms with Crippen molar-refractivity contribution in [3.05, 3.63) is 22.8 Å². The van der Waals surface area contributed by atoms with Crippen molar-refractivity contribution in [3.8, 4) is 5.88 Å². The fourth-order valence-electron chi connectivity index (χ4n) is 0.886. The minimum absolute atomic E-state index is 0.0859. The lowest BCUT2D eigenvalue weighted by molar-refractivity contribution is 0.310. The number of halogens is 1. The molecule has 1 heterocycles. The zero-order valence-corrected chi connectivity index (χ0v) is 9.80. The second-order valence-electron chi connectivity index (χ2n) is 2.81. The van der Waals surface area contributed by atoms with Gasteiger partial charge in [-0.3, -0.25) is 4.18 Å². The van der Waals surface area contributed by atoms with Crippen LogP contribution in [0.2, 0.25) is 5.15 Å². The molecule has 1 aromatic heterocycles. The third-order valence-electron chi connectivity index (χ3n) is 1.48. The number of aromatic nitrogens is 1. The highest BCUT2D eigenvalue weighted by Gasteiger charge is 2.05. The summed E-state index contributed by atoms with van der Waals surface area (Å²) in [5.41, 5.74) is 0.581. The van der Waals surface area contributed by atoms with Gasteiger partial charge in [-0.1, -0.05) is 11.6 Å². The maximum absolute atomic E-state index is 10.7. The average Bonchev–Trinajstić information content (AvgIpc) is 2.13. The number of ether oxygens (including phenoxy) is 1. The van der Waals surface area contributed by atoms with E-state index in [2.05, 4.69) is 9.17 Å². The highest BCUT2D eigenvalue weighted by molar-refractivity contribution is 7.85. The molecular formula is C8H10ClNO4S. The van der Waals surface area contributed by atoms with Crippen LogP contribution in [-0.2, 0) is 20.9 Å². The van der Waals surface area contributed by atoms with E-state index in [9.17, 15) is 8.42 Å². The highest BCUT2D eigenvalue weighted by atomic mass is 35.5. The number of pyridine rings is 1. The molecule has 1 aromatic rings. The lowest BCUT2D eigenvalue weighted by Crippen LogP contribution is -2.03. The fraction of sp³-hybridized carbons (Fsp3) is 0.375. The Labute approximate surface area is 93.1 Å². The molecule has 0 aliphatic carbocycles. The minimum atomic E-state index is -3.46. The first kappa shape index (κ1) is 12.2. The Morgan fingerprint density at radius 2 is 2.13 bits per heavy atom. The minimum Gasteiger partial charge on any atom is -0.481 e. The summed E-state index contributed by atoms with van der Waals surface area (Å²) < 4.78 is 31.0. The normalized spacial score (nSPS) is 11.4. The van der Waals surface area contributed by atoms with Gasteiger partial charge in [0, 0.05) is 6.07 Å². The van der Waals surface area contributed by atoms with Gasteiger partial charge in [0.15, 0.2) is 0 Å². The van der Waals surface area contributed by atoms with Gasteiger partial charge >= 0.3 is 0 Å². The van der Waals surface area contributed by atoms with Gasteiger partial charge in [-0.2, -0.15) is 8.42 Å². The predicted molar refractivity (Wildman–Crippen MR) is 55.4 cm³/mol. The van der Waals surface area contributed by atoms with Crippen molar-refractivity contribution in [3.63, 3.8) is 0 Å². The topological polar surface area (TPSA) is 65.5 Å². The van der Waals surface area contributed by atoms with E-state index in [1.165, 1.54) is 13.2 Å². The standard InChI is InChI=1S/C8H10ClNO4S/c1-13-8-4-6(3-7(9)10-8)5-14-15(2,11)12/h3-4H,5H2,1-2H3. The molecule has 0 amide bonds. The first-order valence-corrected chi connectivity index (χ1v) is 6.15. The number of hydrogen-bond acceptors (Lipinski definition) is 5. The molecule has 0 atom stereocenters. The van der Waals surface area contributed by atoms with E-state index in [0.717, 1.165) is 6.26 Å². The van der Waals surface area contributed by atoms with Crippen LogP contribution in [0.5, 0.6) is 5.88 Å². The maximum Gasteiger partial charge on any atom is 0.264 e. The molecule has 84 valence electrons. The summed E-state index contributed by atoms with van der Waals surface area (Å²) in [4.78, 5) is 3.83.